The van der Waals surface area contributed by atoms with Crippen molar-refractivity contribution in [3.8, 4) is 28.4 Å². The zero-order chi connectivity index (χ0) is 16.5. The lowest BCUT2D eigenvalue weighted by atomic mass is 10.1. The molecule has 0 spiro atoms. The number of halogens is 1. The van der Waals surface area contributed by atoms with E-state index in [1.54, 1.807) is 7.11 Å². The third kappa shape index (κ3) is 2.69. The molecule has 0 amide bonds. The molecule has 0 radical (unpaired) electrons. The highest BCUT2D eigenvalue weighted by Gasteiger charge is 2.10. The molecule has 0 saturated carbocycles. The Morgan fingerprint density at radius 1 is 0.917 bits per heavy atom. The van der Waals surface area contributed by atoms with E-state index in [9.17, 15) is 0 Å². The fourth-order valence-corrected chi connectivity index (χ4v) is 3.19. The number of nitrogens with zero attached hydrogens (tertiary/aromatic N) is 1. The zero-order valence-electron chi connectivity index (χ0n) is 13.1. The van der Waals surface area contributed by atoms with Crippen LogP contribution in [0.2, 0.25) is 0 Å². The molecule has 0 unspecified atom stereocenters. The van der Waals surface area contributed by atoms with Crippen LogP contribution in [0.5, 0.6) is 5.75 Å². The first-order valence-corrected chi connectivity index (χ1v) is 8.43. The zero-order valence-corrected chi connectivity index (χ0v) is 14.7. The van der Waals surface area contributed by atoms with Crippen molar-refractivity contribution in [2.24, 2.45) is 0 Å². The van der Waals surface area contributed by atoms with Gasteiger partial charge in [-0.15, -0.1) is 0 Å². The van der Waals surface area contributed by atoms with Crippen LogP contribution in [0.3, 0.4) is 0 Å². The van der Waals surface area contributed by atoms with E-state index >= 15 is 0 Å². The second-order valence-electron chi connectivity index (χ2n) is 5.52. The first kappa shape index (κ1) is 15.0. The number of pyridine rings is 1. The standard InChI is InChI=1S/C20H15BrN2O/c1-24-20-10-9-14(21)12-15(20)17-7-4-8-18(23-17)19-11-13-5-2-3-6-16(13)22-19/h2-12,22H,1H3. The number of fused-ring (bicyclic) bond motifs is 1. The first-order valence-electron chi connectivity index (χ1n) is 7.64. The maximum Gasteiger partial charge on any atom is 0.128 e. The van der Waals surface area contributed by atoms with Gasteiger partial charge in [0.25, 0.3) is 0 Å². The van der Waals surface area contributed by atoms with Crippen LogP contribution in [0, 0.1) is 0 Å². The second kappa shape index (κ2) is 6.13. The van der Waals surface area contributed by atoms with Crippen LogP contribution in [-0.4, -0.2) is 17.1 Å². The molecule has 4 aromatic rings. The van der Waals surface area contributed by atoms with Crippen LogP contribution in [0.25, 0.3) is 33.5 Å². The van der Waals surface area contributed by atoms with Crippen molar-refractivity contribution in [1.29, 1.82) is 0 Å². The number of aromatic amines is 1. The third-order valence-electron chi connectivity index (χ3n) is 3.99. The number of benzene rings is 2. The summed E-state index contributed by atoms with van der Waals surface area (Å²) in [6, 6.07) is 22.3. The van der Waals surface area contributed by atoms with Crippen molar-refractivity contribution in [3.05, 3.63) is 71.2 Å². The molecule has 4 heteroatoms. The van der Waals surface area contributed by atoms with Gasteiger partial charge in [0.1, 0.15) is 5.75 Å². The van der Waals surface area contributed by atoms with E-state index in [0.717, 1.165) is 38.4 Å². The Balaban J connectivity index is 1.83. The van der Waals surface area contributed by atoms with Gasteiger partial charge in [0.2, 0.25) is 0 Å². The minimum absolute atomic E-state index is 0.805. The van der Waals surface area contributed by atoms with Crippen LogP contribution in [0.4, 0.5) is 0 Å². The van der Waals surface area contributed by atoms with Crippen LogP contribution in [-0.2, 0) is 0 Å². The molecule has 3 nitrogen and oxygen atoms in total. The predicted molar refractivity (Wildman–Crippen MR) is 101 cm³/mol. The third-order valence-corrected chi connectivity index (χ3v) is 4.49. The number of rotatable bonds is 3. The molecule has 0 aliphatic carbocycles. The van der Waals surface area contributed by atoms with E-state index in [4.69, 9.17) is 9.72 Å². The summed E-state index contributed by atoms with van der Waals surface area (Å²) in [5.41, 5.74) is 4.87. The molecule has 0 aliphatic heterocycles. The van der Waals surface area contributed by atoms with E-state index in [1.165, 1.54) is 5.39 Å². The number of nitrogens with one attached hydrogen (secondary N) is 1. The van der Waals surface area contributed by atoms with E-state index < -0.39 is 0 Å². The van der Waals surface area contributed by atoms with Gasteiger partial charge in [-0.25, -0.2) is 4.98 Å². The average molecular weight is 379 g/mol. The number of H-pyrrole nitrogens is 1. The Kier molecular flexibility index (Phi) is 3.82. The summed E-state index contributed by atoms with van der Waals surface area (Å²) in [7, 11) is 1.67. The number of ether oxygens (including phenoxy) is 1. The highest BCUT2D eigenvalue weighted by Crippen LogP contribution is 2.33. The molecule has 2 aromatic heterocycles. The molecule has 24 heavy (non-hydrogen) atoms. The molecular weight excluding hydrogens is 364 g/mol. The molecule has 0 fully saturated rings. The summed E-state index contributed by atoms with van der Waals surface area (Å²) < 4.78 is 6.48. The van der Waals surface area contributed by atoms with Gasteiger partial charge in [0.15, 0.2) is 0 Å². The van der Waals surface area contributed by atoms with Crippen molar-refractivity contribution >= 4 is 26.8 Å². The molecule has 0 bridgehead atoms. The molecular formula is C20H15BrN2O. The molecule has 1 N–H and O–H groups in total. The minimum Gasteiger partial charge on any atom is -0.496 e. The Morgan fingerprint density at radius 3 is 2.58 bits per heavy atom. The normalized spacial score (nSPS) is 10.9. The molecule has 2 aromatic carbocycles. The number of methoxy groups -OCH3 is 1. The maximum atomic E-state index is 5.48. The number of hydrogen-bond donors (Lipinski definition) is 1. The number of hydrogen-bond acceptors (Lipinski definition) is 2. The van der Waals surface area contributed by atoms with Crippen molar-refractivity contribution < 1.29 is 4.74 Å². The van der Waals surface area contributed by atoms with E-state index in [1.807, 2.05) is 48.5 Å². The SMILES string of the molecule is COc1ccc(Br)cc1-c1cccc(-c2cc3ccccc3[nH]2)n1. The van der Waals surface area contributed by atoms with Crippen molar-refractivity contribution in [3.63, 3.8) is 0 Å². The predicted octanol–water partition coefficient (Wildman–Crippen LogP) is 5.67. The van der Waals surface area contributed by atoms with Gasteiger partial charge < -0.3 is 9.72 Å². The Labute approximate surface area is 148 Å². The quantitative estimate of drug-likeness (QED) is 0.498. The Hall–Kier alpha value is -2.59. The van der Waals surface area contributed by atoms with Gasteiger partial charge in [-0.3, -0.25) is 0 Å². The molecule has 0 aliphatic rings. The highest BCUT2D eigenvalue weighted by atomic mass is 79.9. The van der Waals surface area contributed by atoms with E-state index in [2.05, 4.69) is 39.1 Å². The van der Waals surface area contributed by atoms with Crippen molar-refractivity contribution in [1.82, 2.24) is 9.97 Å². The highest BCUT2D eigenvalue weighted by molar-refractivity contribution is 9.10. The van der Waals surface area contributed by atoms with Gasteiger partial charge in [0.05, 0.1) is 24.2 Å². The van der Waals surface area contributed by atoms with Gasteiger partial charge >= 0.3 is 0 Å². The first-order chi connectivity index (χ1) is 11.7. The monoisotopic (exact) mass is 378 g/mol. The Morgan fingerprint density at radius 2 is 1.75 bits per heavy atom. The second-order valence-corrected chi connectivity index (χ2v) is 6.44. The smallest absolute Gasteiger partial charge is 0.128 e. The lowest BCUT2D eigenvalue weighted by molar-refractivity contribution is 0.416. The molecule has 2 heterocycles. The topological polar surface area (TPSA) is 37.9 Å². The molecule has 118 valence electrons. The van der Waals surface area contributed by atoms with Gasteiger partial charge in [-0.05, 0) is 42.5 Å². The van der Waals surface area contributed by atoms with Gasteiger partial charge in [-0.1, -0.05) is 40.2 Å². The van der Waals surface area contributed by atoms with E-state index in [0.29, 0.717) is 0 Å². The molecule has 0 saturated heterocycles. The minimum atomic E-state index is 0.805. The number of aromatic nitrogens is 2. The van der Waals surface area contributed by atoms with Crippen molar-refractivity contribution in [2.45, 2.75) is 0 Å². The Bertz CT molecular complexity index is 990. The van der Waals surface area contributed by atoms with Crippen LogP contribution < -0.4 is 4.74 Å². The summed E-state index contributed by atoms with van der Waals surface area (Å²) in [4.78, 5) is 8.25. The van der Waals surface area contributed by atoms with E-state index in [-0.39, 0.29) is 0 Å². The lowest BCUT2D eigenvalue weighted by Gasteiger charge is -2.09. The van der Waals surface area contributed by atoms with Gasteiger partial charge in [0, 0.05) is 20.9 Å². The van der Waals surface area contributed by atoms with Crippen LogP contribution >= 0.6 is 15.9 Å². The fraction of sp³-hybridized carbons (Fsp3) is 0.0500. The molecule has 0 atom stereocenters. The van der Waals surface area contributed by atoms with Crippen LogP contribution in [0.1, 0.15) is 0 Å². The maximum absolute atomic E-state index is 5.48. The van der Waals surface area contributed by atoms with Crippen LogP contribution in [0.15, 0.2) is 71.2 Å². The summed E-state index contributed by atoms with van der Waals surface area (Å²) in [5, 5.41) is 1.18. The number of para-hydroxylation sites is 1. The van der Waals surface area contributed by atoms with Crippen molar-refractivity contribution in [2.75, 3.05) is 7.11 Å². The summed E-state index contributed by atoms with van der Waals surface area (Å²) in [5.74, 6) is 0.805. The average Bonchev–Trinajstić information content (AvgIpc) is 3.06. The van der Waals surface area contributed by atoms with Gasteiger partial charge in [-0.2, -0.15) is 0 Å². The fourth-order valence-electron chi connectivity index (χ4n) is 2.83. The summed E-state index contributed by atoms with van der Waals surface area (Å²) in [6.07, 6.45) is 0. The lowest BCUT2D eigenvalue weighted by Crippen LogP contribution is -1.92. The summed E-state index contributed by atoms with van der Waals surface area (Å²) in [6.45, 7) is 0. The summed E-state index contributed by atoms with van der Waals surface area (Å²) >= 11 is 3.52. The largest absolute Gasteiger partial charge is 0.496 e. The molecule has 4 rings (SSSR count).